The van der Waals surface area contributed by atoms with E-state index in [0.717, 1.165) is 50.7 Å². The molecule has 2 aliphatic heterocycles. The summed E-state index contributed by atoms with van der Waals surface area (Å²) in [4.78, 5) is 31.6. The standard InChI is InChI=1S/C16H28N3O5PS/c20-14(17-9-5-1-2-6-10-24-25(22)23)8-4-3-7-13-15-12(11-26-13)18-16(21)19-15/h12-13,15H,1-11H2,(H3-,17,18,19,20,21,22,23)/p+1/t12?,13-,15?/m0/s1. The van der Waals surface area contributed by atoms with Crippen molar-refractivity contribution >= 4 is 32.0 Å². The van der Waals surface area contributed by atoms with Crippen molar-refractivity contribution < 1.29 is 23.6 Å². The fourth-order valence-electron chi connectivity index (χ4n) is 3.31. The van der Waals surface area contributed by atoms with Crippen LogP contribution in [-0.2, 0) is 13.9 Å². The van der Waals surface area contributed by atoms with Gasteiger partial charge < -0.3 is 16.0 Å². The molecule has 2 heterocycles. The number of amides is 3. The number of fused-ring (bicyclic) bond motifs is 1. The summed E-state index contributed by atoms with van der Waals surface area (Å²) in [6, 6.07) is 0.449. The highest BCUT2D eigenvalue weighted by Gasteiger charge is 2.42. The van der Waals surface area contributed by atoms with Crippen molar-refractivity contribution in [2.75, 3.05) is 18.9 Å². The quantitative estimate of drug-likeness (QED) is 0.211. The minimum Gasteiger partial charge on any atom is -0.356 e. The van der Waals surface area contributed by atoms with Gasteiger partial charge in [-0.05, 0) is 25.7 Å². The molecule has 0 radical (unpaired) electrons. The Morgan fingerprint density at radius 3 is 2.85 bits per heavy atom. The number of carbonyl (C=O) groups excluding carboxylic acids is 2. The zero-order valence-electron chi connectivity index (χ0n) is 14.9. The van der Waals surface area contributed by atoms with Crippen LogP contribution < -0.4 is 16.0 Å². The van der Waals surface area contributed by atoms with Gasteiger partial charge in [0.05, 0.1) is 12.1 Å². The second kappa shape index (κ2) is 11.7. The van der Waals surface area contributed by atoms with Crippen molar-refractivity contribution in [3.63, 3.8) is 0 Å². The van der Waals surface area contributed by atoms with E-state index < -0.39 is 8.25 Å². The summed E-state index contributed by atoms with van der Waals surface area (Å²) in [5.41, 5.74) is 0. The van der Waals surface area contributed by atoms with Crippen LogP contribution in [0.4, 0.5) is 4.79 Å². The fraction of sp³-hybridized carbons (Fsp3) is 0.875. The topological polar surface area (TPSA) is 117 Å². The van der Waals surface area contributed by atoms with E-state index in [1.165, 1.54) is 0 Å². The van der Waals surface area contributed by atoms with E-state index in [1.807, 2.05) is 11.8 Å². The van der Waals surface area contributed by atoms with Crippen molar-refractivity contribution in [2.24, 2.45) is 0 Å². The molecule has 0 aliphatic carbocycles. The van der Waals surface area contributed by atoms with Crippen molar-refractivity contribution in [2.45, 2.75) is 68.7 Å². The zero-order chi connectivity index (χ0) is 18.8. The Morgan fingerprint density at radius 2 is 2.04 bits per heavy atom. The van der Waals surface area contributed by atoms with Crippen LogP contribution >= 0.6 is 20.0 Å². The molecule has 0 bridgehead atoms. The molecule has 4 atom stereocenters. The number of urea groups is 1. The molecule has 0 aromatic heterocycles. The summed E-state index contributed by atoms with van der Waals surface area (Å²) < 4.78 is 14.9. The van der Waals surface area contributed by atoms with Crippen LogP contribution in [-0.4, -0.2) is 53.1 Å². The molecule has 2 rings (SSSR count). The Morgan fingerprint density at radius 1 is 1.23 bits per heavy atom. The SMILES string of the molecule is O=C(CCCC[C@@H]1SCC2NC(=O)NC21)NCCCCCCO[P+](=O)O. The third-order valence-electron chi connectivity index (χ3n) is 4.68. The van der Waals surface area contributed by atoms with Crippen LogP contribution in [0.3, 0.4) is 0 Å². The monoisotopic (exact) mass is 406 g/mol. The molecular formula is C16H29N3O5PS+. The van der Waals surface area contributed by atoms with E-state index in [0.29, 0.717) is 24.8 Å². The third kappa shape index (κ3) is 7.78. The first-order valence-corrected chi connectivity index (χ1v) is 11.5. The summed E-state index contributed by atoms with van der Waals surface area (Å²) in [5, 5.41) is 9.31. The van der Waals surface area contributed by atoms with Crippen molar-refractivity contribution in [1.29, 1.82) is 0 Å². The average molecular weight is 406 g/mol. The van der Waals surface area contributed by atoms with Gasteiger partial charge >= 0.3 is 14.3 Å². The van der Waals surface area contributed by atoms with Crippen LogP contribution in [0.5, 0.6) is 0 Å². The third-order valence-corrected chi connectivity index (χ3v) is 6.59. The molecule has 0 spiro atoms. The highest BCUT2D eigenvalue weighted by Crippen LogP contribution is 2.33. The second-order valence-electron chi connectivity index (χ2n) is 6.70. The molecule has 0 aromatic rings. The summed E-state index contributed by atoms with van der Waals surface area (Å²) in [6.07, 6.45) is 7.00. The number of carbonyl (C=O) groups is 2. The Kier molecular flexibility index (Phi) is 9.67. The lowest BCUT2D eigenvalue weighted by atomic mass is 10.0. The largest absolute Gasteiger partial charge is 0.694 e. The maximum Gasteiger partial charge on any atom is 0.694 e. The van der Waals surface area contributed by atoms with Crippen LogP contribution in [0.15, 0.2) is 0 Å². The molecule has 2 saturated heterocycles. The van der Waals surface area contributed by atoms with E-state index in [9.17, 15) is 14.2 Å². The number of unbranched alkanes of at least 4 members (excludes halogenated alkanes) is 4. The first-order valence-electron chi connectivity index (χ1n) is 9.30. The number of thioether (sulfide) groups is 1. The number of hydrogen-bond donors (Lipinski definition) is 4. The van der Waals surface area contributed by atoms with Crippen LogP contribution in [0.25, 0.3) is 0 Å². The molecule has 2 fully saturated rings. The van der Waals surface area contributed by atoms with Gasteiger partial charge in [-0.1, -0.05) is 19.3 Å². The Bertz CT molecular complexity index is 497. The van der Waals surface area contributed by atoms with Gasteiger partial charge in [0.1, 0.15) is 6.61 Å². The van der Waals surface area contributed by atoms with Crippen LogP contribution in [0.2, 0.25) is 0 Å². The molecule has 148 valence electrons. The predicted octanol–water partition coefficient (Wildman–Crippen LogP) is 2.06. The fourth-order valence-corrected chi connectivity index (χ4v) is 5.14. The summed E-state index contributed by atoms with van der Waals surface area (Å²) in [5.74, 6) is 1.07. The minimum atomic E-state index is -2.48. The summed E-state index contributed by atoms with van der Waals surface area (Å²) in [6.45, 7) is 0.979. The smallest absolute Gasteiger partial charge is 0.356 e. The molecule has 3 amide bonds. The van der Waals surface area contributed by atoms with E-state index in [1.54, 1.807) is 0 Å². The van der Waals surface area contributed by atoms with Crippen molar-refractivity contribution in [3.05, 3.63) is 0 Å². The van der Waals surface area contributed by atoms with Gasteiger partial charge in [0.15, 0.2) is 0 Å². The molecule has 10 heteroatoms. The summed E-state index contributed by atoms with van der Waals surface area (Å²) >= 11 is 1.90. The van der Waals surface area contributed by atoms with Crippen molar-refractivity contribution in [1.82, 2.24) is 16.0 Å². The highest BCUT2D eigenvalue weighted by molar-refractivity contribution is 8.00. The van der Waals surface area contributed by atoms with E-state index in [-0.39, 0.29) is 24.0 Å². The van der Waals surface area contributed by atoms with Crippen molar-refractivity contribution in [3.8, 4) is 0 Å². The molecule has 2 aliphatic rings. The lowest BCUT2D eigenvalue weighted by Gasteiger charge is -2.16. The molecule has 0 aromatic carbocycles. The normalized spacial score (nSPS) is 24.7. The Balaban J connectivity index is 1.40. The van der Waals surface area contributed by atoms with Gasteiger partial charge in [0.25, 0.3) is 0 Å². The van der Waals surface area contributed by atoms with E-state index >= 15 is 0 Å². The Labute approximate surface area is 159 Å². The molecular weight excluding hydrogens is 377 g/mol. The molecule has 4 N–H and O–H groups in total. The van der Waals surface area contributed by atoms with Gasteiger partial charge in [-0.3, -0.25) is 4.79 Å². The average Bonchev–Trinajstić information content (AvgIpc) is 3.13. The van der Waals surface area contributed by atoms with Gasteiger partial charge in [0.2, 0.25) is 5.91 Å². The maximum absolute atomic E-state index is 11.8. The summed E-state index contributed by atoms with van der Waals surface area (Å²) in [7, 11) is -2.48. The number of rotatable bonds is 13. The van der Waals surface area contributed by atoms with Gasteiger partial charge in [0, 0.05) is 28.5 Å². The van der Waals surface area contributed by atoms with Gasteiger partial charge in [-0.15, -0.1) is 9.42 Å². The minimum absolute atomic E-state index is 0.0546. The molecule has 26 heavy (non-hydrogen) atoms. The van der Waals surface area contributed by atoms with Gasteiger partial charge in [-0.25, -0.2) is 4.79 Å². The highest BCUT2D eigenvalue weighted by atomic mass is 32.2. The molecule has 8 nitrogen and oxygen atoms in total. The lowest BCUT2D eigenvalue weighted by Crippen LogP contribution is -2.36. The molecule has 3 unspecified atom stereocenters. The van der Waals surface area contributed by atoms with Gasteiger partial charge in [-0.2, -0.15) is 11.8 Å². The molecule has 0 saturated carbocycles. The van der Waals surface area contributed by atoms with E-state index in [2.05, 4.69) is 20.5 Å². The number of nitrogens with one attached hydrogen (secondary N) is 3. The maximum atomic E-state index is 11.8. The van der Waals surface area contributed by atoms with E-state index in [4.69, 9.17) is 4.89 Å². The van der Waals surface area contributed by atoms with Crippen LogP contribution in [0.1, 0.15) is 51.4 Å². The first-order chi connectivity index (χ1) is 12.6. The predicted molar refractivity (Wildman–Crippen MR) is 101 cm³/mol. The number of hydrogen-bond acceptors (Lipinski definition) is 5. The lowest BCUT2D eigenvalue weighted by molar-refractivity contribution is -0.121. The Hall–Kier alpha value is -0.890. The van der Waals surface area contributed by atoms with Crippen LogP contribution in [0, 0.1) is 0 Å². The zero-order valence-corrected chi connectivity index (χ0v) is 16.7. The second-order valence-corrected chi connectivity index (χ2v) is 8.71. The first kappa shape index (κ1) is 21.4.